The lowest BCUT2D eigenvalue weighted by Crippen LogP contribution is -2.37. The van der Waals surface area contributed by atoms with Gasteiger partial charge < -0.3 is 20.1 Å². The first kappa shape index (κ1) is 13.4. The maximum Gasteiger partial charge on any atom is 0.251 e. The van der Waals surface area contributed by atoms with E-state index in [9.17, 15) is 4.79 Å². The number of likely N-dealkylation sites (N-methyl/N-ethyl adjacent to an activating group) is 1. The van der Waals surface area contributed by atoms with Crippen molar-refractivity contribution in [3.63, 3.8) is 0 Å². The van der Waals surface area contributed by atoms with Crippen LogP contribution in [0.1, 0.15) is 19.3 Å². The number of nitrogens with zero attached hydrogens (tertiary/aromatic N) is 1. The summed E-state index contributed by atoms with van der Waals surface area (Å²) in [4.78, 5) is 13.6. The van der Waals surface area contributed by atoms with E-state index in [1.54, 1.807) is 19.1 Å². The van der Waals surface area contributed by atoms with Crippen molar-refractivity contribution in [2.45, 2.75) is 31.5 Å². The molecule has 5 heteroatoms. The second-order valence-corrected chi connectivity index (χ2v) is 4.17. The van der Waals surface area contributed by atoms with Crippen molar-refractivity contribution >= 4 is 5.91 Å². The number of carbonyl (C=O) groups excluding carboxylic acids is 1. The first-order valence-electron chi connectivity index (χ1n) is 5.78. The van der Waals surface area contributed by atoms with E-state index in [0.29, 0.717) is 19.7 Å². The van der Waals surface area contributed by atoms with E-state index in [1.165, 1.54) is 0 Å². The standard InChI is InChI=1S/C11H22N2O3/c1-13(6-3-7-15-2)11(14)10-5-4-9(8-12)16-10/h9-10H,3-8,12H2,1-2H3. The highest BCUT2D eigenvalue weighted by Gasteiger charge is 2.31. The van der Waals surface area contributed by atoms with Gasteiger partial charge in [0.1, 0.15) is 6.10 Å². The molecule has 5 nitrogen and oxygen atoms in total. The normalized spacial score (nSPS) is 24.7. The van der Waals surface area contributed by atoms with E-state index >= 15 is 0 Å². The second kappa shape index (κ2) is 6.83. The van der Waals surface area contributed by atoms with E-state index < -0.39 is 0 Å². The number of ether oxygens (including phenoxy) is 2. The topological polar surface area (TPSA) is 64.8 Å². The molecule has 1 amide bonds. The van der Waals surface area contributed by atoms with E-state index in [0.717, 1.165) is 19.3 Å². The molecule has 0 aromatic rings. The summed E-state index contributed by atoms with van der Waals surface area (Å²) in [6.07, 6.45) is 2.29. The molecule has 2 unspecified atom stereocenters. The lowest BCUT2D eigenvalue weighted by Gasteiger charge is -2.21. The largest absolute Gasteiger partial charge is 0.385 e. The Labute approximate surface area is 96.9 Å². The van der Waals surface area contributed by atoms with Crippen LogP contribution >= 0.6 is 0 Å². The fourth-order valence-corrected chi connectivity index (χ4v) is 1.86. The Balaban J connectivity index is 2.28. The molecule has 2 N–H and O–H groups in total. The molecule has 2 atom stereocenters. The van der Waals surface area contributed by atoms with Crippen LogP contribution in [0.3, 0.4) is 0 Å². The average Bonchev–Trinajstić information content (AvgIpc) is 2.76. The van der Waals surface area contributed by atoms with Gasteiger partial charge in [0, 0.05) is 33.9 Å². The third-order valence-electron chi connectivity index (χ3n) is 2.86. The molecule has 1 aliphatic heterocycles. The van der Waals surface area contributed by atoms with Crippen molar-refractivity contribution < 1.29 is 14.3 Å². The monoisotopic (exact) mass is 230 g/mol. The van der Waals surface area contributed by atoms with Crippen molar-refractivity contribution in [1.29, 1.82) is 0 Å². The van der Waals surface area contributed by atoms with Gasteiger partial charge in [-0.1, -0.05) is 0 Å². The quantitative estimate of drug-likeness (QED) is 0.652. The number of hydrogen-bond donors (Lipinski definition) is 1. The van der Waals surface area contributed by atoms with Gasteiger partial charge in [-0.05, 0) is 19.3 Å². The van der Waals surface area contributed by atoms with Gasteiger partial charge >= 0.3 is 0 Å². The molecule has 0 spiro atoms. The summed E-state index contributed by atoms with van der Waals surface area (Å²) in [6, 6.07) is 0. The van der Waals surface area contributed by atoms with Crippen molar-refractivity contribution in [2.24, 2.45) is 5.73 Å². The van der Waals surface area contributed by atoms with Crippen molar-refractivity contribution in [1.82, 2.24) is 4.90 Å². The molecule has 0 bridgehead atoms. The molecule has 1 heterocycles. The molecule has 1 fully saturated rings. The van der Waals surface area contributed by atoms with Gasteiger partial charge in [0.25, 0.3) is 5.91 Å². The van der Waals surface area contributed by atoms with Crippen LogP contribution < -0.4 is 5.73 Å². The smallest absolute Gasteiger partial charge is 0.251 e. The SMILES string of the molecule is COCCCN(C)C(=O)C1CCC(CN)O1. The van der Waals surface area contributed by atoms with E-state index in [2.05, 4.69) is 0 Å². The minimum atomic E-state index is -0.291. The molecule has 16 heavy (non-hydrogen) atoms. The van der Waals surface area contributed by atoms with Crippen LogP contribution in [0.2, 0.25) is 0 Å². The number of carbonyl (C=O) groups is 1. The minimum Gasteiger partial charge on any atom is -0.385 e. The number of methoxy groups -OCH3 is 1. The molecule has 1 saturated heterocycles. The fraction of sp³-hybridized carbons (Fsp3) is 0.909. The Hall–Kier alpha value is -0.650. The first-order chi connectivity index (χ1) is 7.69. The van der Waals surface area contributed by atoms with Crippen LogP contribution in [0.25, 0.3) is 0 Å². The van der Waals surface area contributed by atoms with Crippen LogP contribution in [-0.4, -0.2) is 56.9 Å². The van der Waals surface area contributed by atoms with Gasteiger partial charge in [0.2, 0.25) is 0 Å². The van der Waals surface area contributed by atoms with E-state index in [4.69, 9.17) is 15.2 Å². The van der Waals surface area contributed by atoms with Gasteiger partial charge in [-0.25, -0.2) is 0 Å². The molecular weight excluding hydrogens is 208 g/mol. The van der Waals surface area contributed by atoms with Gasteiger partial charge in [-0.2, -0.15) is 0 Å². The Morgan fingerprint density at radius 2 is 2.31 bits per heavy atom. The second-order valence-electron chi connectivity index (χ2n) is 4.17. The van der Waals surface area contributed by atoms with Gasteiger partial charge in [0.05, 0.1) is 6.10 Å². The summed E-state index contributed by atoms with van der Waals surface area (Å²) in [7, 11) is 3.46. The Morgan fingerprint density at radius 3 is 2.88 bits per heavy atom. The van der Waals surface area contributed by atoms with Crippen LogP contribution in [0.5, 0.6) is 0 Å². The van der Waals surface area contributed by atoms with Crippen LogP contribution in [0.4, 0.5) is 0 Å². The van der Waals surface area contributed by atoms with Crippen molar-refractivity contribution in [3.8, 4) is 0 Å². The molecule has 0 aliphatic carbocycles. The number of amides is 1. The molecule has 0 radical (unpaired) electrons. The highest BCUT2D eigenvalue weighted by molar-refractivity contribution is 5.80. The van der Waals surface area contributed by atoms with Crippen LogP contribution in [0, 0.1) is 0 Å². The molecule has 1 aliphatic rings. The summed E-state index contributed by atoms with van der Waals surface area (Å²) in [5.74, 6) is 0.0621. The number of rotatable bonds is 6. The minimum absolute atomic E-state index is 0.0568. The summed E-state index contributed by atoms with van der Waals surface area (Å²) in [5, 5.41) is 0. The van der Waals surface area contributed by atoms with Crippen LogP contribution in [0.15, 0.2) is 0 Å². The van der Waals surface area contributed by atoms with E-state index in [-0.39, 0.29) is 18.1 Å². The maximum absolute atomic E-state index is 11.9. The third-order valence-corrected chi connectivity index (χ3v) is 2.86. The Morgan fingerprint density at radius 1 is 1.56 bits per heavy atom. The predicted octanol–water partition coefficient (Wildman–Crippen LogP) is -0.0124. The maximum atomic E-state index is 11.9. The van der Waals surface area contributed by atoms with Crippen molar-refractivity contribution in [3.05, 3.63) is 0 Å². The van der Waals surface area contributed by atoms with Crippen LogP contribution in [-0.2, 0) is 14.3 Å². The Kier molecular flexibility index (Phi) is 5.73. The zero-order valence-electron chi connectivity index (χ0n) is 10.1. The first-order valence-corrected chi connectivity index (χ1v) is 5.78. The molecule has 0 saturated carbocycles. The molecule has 1 rings (SSSR count). The number of hydrogen-bond acceptors (Lipinski definition) is 4. The summed E-state index contributed by atoms with van der Waals surface area (Å²) in [5.41, 5.74) is 5.50. The highest BCUT2D eigenvalue weighted by atomic mass is 16.5. The lowest BCUT2D eigenvalue weighted by atomic mass is 10.2. The van der Waals surface area contributed by atoms with Crippen molar-refractivity contribution in [2.75, 3.05) is 33.9 Å². The summed E-state index contributed by atoms with van der Waals surface area (Å²) < 4.78 is 10.5. The number of nitrogens with two attached hydrogens (primary N) is 1. The predicted molar refractivity (Wildman–Crippen MR) is 61.1 cm³/mol. The third kappa shape index (κ3) is 3.73. The van der Waals surface area contributed by atoms with Gasteiger partial charge in [0.15, 0.2) is 0 Å². The van der Waals surface area contributed by atoms with E-state index in [1.807, 2.05) is 0 Å². The zero-order chi connectivity index (χ0) is 12.0. The highest BCUT2D eigenvalue weighted by Crippen LogP contribution is 2.20. The lowest BCUT2D eigenvalue weighted by molar-refractivity contribution is -0.141. The Bertz CT molecular complexity index is 223. The fourth-order valence-electron chi connectivity index (χ4n) is 1.86. The summed E-state index contributed by atoms with van der Waals surface area (Å²) in [6.45, 7) is 1.88. The summed E-state index contributed by atoms with van der Waals surface area (Å²) >= 11 is 0. The van der Waals surface area contributed by atoms with Gasteiger partial charge in [-0.3, -0.25) is 4.79 Å². The molecular formula is C11H22N2O3. The molecule has 0 aromatic heterocycles. The molecule has 94 valence electrons. The van der Waals surface area contributed by atoms with Gasteiger partial charge in [-0.15, -0.1) is 0 Å². The average molecular weight is 230 g/mol. The molecule has 0 aromatic carbocycles. The zero-order valence-corrected chi connectivity index (χ0v) is 10.1.